The Labute approximate surface area is 350 Å². The van der Waals surface area contributed by atoms with E-state index < -0.39 is 28.3 Å². The van der Waals surface area contributed by atoms with Crippen LogP contribution in [0.4, 0.5) is 0 Å². The maximum atomic E-state index is 13.8. The number of amides is 1. The second-order valence-corrected chi connectivity index (χ2v) is 17.1. The molecule has 8 rings (SSSR count). The smallest absolute Gasteiger partial charge is 0.241 e. The number of benzene rings is 6. The summed E-state index contributed by atoms with van der Waals surface area (Å²) < 4.78 is 45.2. The molecule has 0 bridgehead atoms. The molecule has 1 amide bonds. The van der Waals surface area contributed by atoms with Crippen LogP contribution in [0, 0.1) is 12.8 Å². The number of carbonyl (C=O) groups is 1. The summed E-state index contributed by atoms with van der Waals surface area (Å²) in [6, 6.07) is 46.7. The molecule has 3 N–H and O–H groups in total. The average molecular weight is 821 g/mol. The topological polar surface area (TPSA) is 132 Å². The fraction of sp³-hybridized carbons (Fsp3) is 0.224. The van der Waals surface area contributed by atoms with Crippen LogP contribution in [0.1, 0.15) is 52.7 Å². The van der Waals surface area contributed by atoms with Crippen LogP contribution in [0.2, 0.25) is 0 Å². The average Bonchev–Trinajstić information content (AvgIpc) is 3.69. The maximum absolute atomic E-state index is 13.8. The molecule has 60 heavy (non-hydrogen) atoms. The molecule has 10 nitrogen and oxygen atoms in total. The van der Waals surface area contributed by atoms with Crippen LogP contribution >= 0.6 is 0 Å². The summed E-state index contributed by atoms with van der Waals surface area (Å²) in [4.78, 5) is 18.5. The number of aromatic nitrogens is 2. The number of aliphatic hydroxyl groups excluding tert-OH is 1. The first-order chi connectivity index (χ1) is 29.1. The van der Waals surface area contributed by atoms with Gasteiger partial charge in [0.1, 0.15) is 6.04 Å². The molecule has 5 atom stereocenters. The largest absolute Gasteiger partial charge is 0.392 e. The van der Waals surface area contributed by atoms with Crippen molar-refractivity contribution in [3.05, 3.63) is 191 Å². The Balaban J connectivity index is 1.01. The molecule has 1 aliphatic rings. The van der Waals surface area contributed by atoms with Crippen LogP contribution < -0.4 is 10.0 Å². The SMILES string of the molecule is Cc1ccc(S(=O)(=O)N[C@H](Cc2ccccc2)C(=O)NCc2ccccc2-c2ccc([C@H]3O[C@@H](Cn4cnc5ccccc54)[C@@H](C)[C@@H](c4ccc(CO)cc4)O3)cc2)cc1. The number of rotatable bonds is 14. The Morgan fingerprint density at radius 2 is 1.47 bits per heavy atom. The summed E-state index contributed by atoms with van der Waals surface area (Å²) in [5.41, 5.74) is 9.17. The minimum absolute atomic E-state index is 0.00560. The normalized spacial score (nSPS) is 18.6. The van der Waals surface area contributed by atoms with E-state index in [4.69, 9.17) is 9.47 Å². The minimum Gasteiger partial charge on any atom is -0.392 e. The quantitative estimate of drug-likeness (QED) is 0.101. The number of carbonyl (C=O) groups excluding carboxylic acids is 1. The molecular formula is C49H48N4O6S. The predicted octanol–water partition coefficient (Wildman–Crippen LogP) is 8.20. The van der Waals surface area contributed by atoms with Gasteiger partial charge in [-0.25, -0.2) is 13.4 Å². The molecule has 7 aromatic rings. The maximum Gasteiger partial charge on any atom is 0.241 e. The van der Waals surface area contributed by atoms with Gasteiger partial charge in [-0.05, 0) is 71.0 Å². The Morgan fingerprint density at radius 1 is 0.783 bits per heavy atom. The van der Waals surface area contributed by atoms with Crippen molar-refractivity contribution in [2.75, 3.05) is 0 Å². The van der Waals surface area contributed by atoms with Gasteiger partial charge in [-0.15, -0.1) is 0 Å². The van der Waals surface area contributed by atoms with Gasteiger partial charge in [0.2, 0.25) is 15.9 Å². The summed E-state index contributed by atoms with van der Waals surface area (Å²) in [6.07, 6.45) is 0.905. The van der Waals surface area contributed by atoms with Crippen LogP contribution in [0.25, 0.3) is 22.2 Å². The molecule has 1 fully saturated rings. The van der Waals surface area contributed by atoms with Gasteiger partial charge < -0.3 is 24.5 Å². The highest BCUT2D eigenvalue weighted by atomic mass is 32.2. The molecular weight excluding hydrogens is 773 g/mol. The highest BCUT2D eigenvalue weighted by Gasteiger charge is 2.39. The third-order valence-electron chi connectivity index (χ3n) is 11.2. The Kier molecular flexibility index (Phi) is 12.3. The van der Waals surface area contributed by atoms with Crippen LogP contribution in [0.15, 0.2) is 163 Å². The number of hydrogen-bond donors (Lipinski definition) is 3. The minimum atomic E-state index is -3.98. The zero-order valence-corrected chi connectivity index (χ0v) is 34.3. The number of para-hydroxylation sites is 2. The van der Waals surface area contributed by atoms with E-state index in [1.807, 2.05) is 135 Å². The lowest BCUT2D eigenvalue weighted by Crippen LogP contribution is -2.47. The van der Waals surface area contributed by atoms with Crippen molar-refractivity contribution >= 4 is 27.0 Å². The lowest BCUT2D eigenvalue weighted by molar-refractivity contribution is -0.276. The van der Waals surface area contributed by atoms with Crippen LogP contribution in [0.3, 0.4) is 0 Å². The number of fused-ring (bicyclic) bond motifs is 1. The molecule has 1 aromatic heterocycles. The molecule has 306 valence electrons. The van der Waals surface area contributed by atoms with Crippen molar-refractivity contribution in [3.63, 3.8) is 0 Å². The highest BCUT2D eigenvalue weighted by molar-refractivity contribution is 7.89. The summed E-state index contributed by atoms with van der Waals surface area (Å²) in [5, 5.41) is 12.7. The number of hydrogen-bond acceptors (Lipinski definition) is 7. The Morgan fingerprint density at radius 3 is 2.22 bits per heavy atom. The Bertz CT molecular complexity index is 2650. The van der Waals surface area contributed by atoms with E-state index in [0.29, 0.717) is 6.54 Å². The van der Waals surface area contributed by atoms with Crippen LogP contribution in [-0.4, -0.2) is 41.1 Å². The van der Waals surface area contributed by atoms with Crippen molar-refractivity contribution in [2.45, 2.75) is 69.4 Å². The number of aryl methyl sites for hydroxylation is 1. The number of imidazole rings is 1. The molecule has 1 saturated heterocycles. The van der Waals surface area contributed by atoms with Crippen LogP contribution in [-0.2, 0) is 50.4 Å². The van der Waals surface area contributed by atoms with Crippen molar-refractivity contribution in [3.8, 4) is 11.1 Å². The van der Waals surface area contributed by atoms with E-state index >= 15 is 0 Å². The third-order valence-corrected chi connectivity index (χ3v) is 12.7. The molecule has 0 spiro atoms. The van der Waals surface area contributed by atoms with Gasteiger partial charge in [0.15, 0.2) is 6.29 Å². The fourth-order valence-electron chi connectivity index (χ4n) is 7.77. The second-order valence-electron chi connectivity index (χ2n) is 15.4. The zero-order chi connectivity index (χ0) is 41.6. The zero-order valence-electron chi connectivity index (χ0n) is 33.5. The van der Waals surface area contributed by atoms with Gasteiger partial charge in [0.25, 0.3) is 0 Å². The van der Waals surface area contributed by atoms with E-state index in [9.17, 15) is 18.3 Å². The van der Waals surface area contributed by atoms with E-state index in [1.54, 1.807) is 24.3 Å². The van der Waals surface area contributed by atoms with Gasteiger partial charge in [-0.2, -0.15) is 4.72 Å². The molecule has 0 radical (unpaired) electrons. The predicted molar refractivity (Wildman–Crippen MR) is 232 cm³/mol. The molecule has 11 heteroatoms. The van der Waals surface area contributed by atoms with Gasteiger partial charge >= 0.3 is 0 Å². The molecule has 0 saturated carbocycles. The number of ether oxygens (including phenoxy) is 2. The second kappa shape index (κ2) is 18.1. The number of aliphatic hydroxyl groups is 1. The van der Waals surface area contributed by atoms with Crippen LogP contribution in [0.5, 0.6) is 0 Å². The molecule has 0 unspecified atom stereocenters. The lowest BCUT2D eigenvalue weighted by Gasteiger charge is -2.41. The standard InChI is InChI=1S/C49H48N4O6S/c1-33-16-26-41(27-17-33)60(56,57)52-44(28-35-10-4-3-5-11-35)48(55)50-29-40-12-6-7-13-42(40)37-22-24-39(25-23-37)49-58-46(30-53-32-51-43-14-8-9-15-45(43)53)34(2)47(59-49)38-20-18-36(31-54)19-21-38/h3-27,32,34,44,46-47,49,52,54H,28-31H2,1-2H3,(H,50,55)/t34-,44-,46+,47+,49+/m1/s1. The summed E-state index contributed by atoms with van der Waals surface area (Å²) in [7, 11) is -3.98. The first kappa shape index (κ1) is 40.8. The number of nitrogens with one attached hydrogen (secondary N) is 2. The molecule has 0 aliphatic carbocycles. The summed E-state index contributed by atoms with van der Waals surface area (Å²) in [5.74, 6) is -0.437. The first-order valence-electron chi connectivity index (χ1n) is 20.1. The Hall–Kier alpha value is -5.95. The summed E-state index contributed by atoms with van der Waals surface area (Å²) in [6.45, 7) is 4.77. The van der Waals surface area contributed by atoms with Gasteiger partial charge in [-0.1, -0.05) is 140 Å². The lowest BCUT2D eigenvalue weighted by atomic mass is 9.90. The van der Waals surface area contributed by atoms with Crippen molar-refractivity contribution in [1.29, 1.82) is 0 Å². The van der Waals surface area contributed by atoms with E-state index in [1.165, 1.54) is 0 Å². The first-order valence-corrected chi connectivity index (χ1v) is 21.6. The highest BCUT2D eigenvalue weighted by Crippen LogP contribution is 2.42. The fourth-order valence-corrected chi connectivity index (χ4v) is 8.97. The van der Waals surface area contributed by atoms with Gasteiger partial charge in [-0.3, -0.25) is 4.79 Å². The van der Waals surface area contributed by atoms with E-state index in [-0.39, 0.29) is 42.6 Å². The number of sulfonamides is 1. The van der Waals surface area contributed by atoms with Gasteiger partial charge in [0.05, 0.1) is 47.6 Å². The third kappa shape index (κ3) is 9.26. The van der Waals surface area contributed by atoms with Gasteiger partial charge in [0, 0.05) is 18.0 Å². The molecule has 2 heterocycles. The number of nitrogens with zero attached hydrogens (tertiary/aromatic N) is 2. The monoisotopic (exact) mass is 820 g/mol. The van der Waals surface area contributed by atoms with Crippen molar-refractivity contribution < 1.29 is 27.8 Å². The summed E-state index contributed by atoms with van der Waals surface area (Å²) >= 11 is 0. The van der Waals surface area contributed by atoms with Crippen molar-refractivity contribution in [2.24, 2.45) is 5.92 Å². The van der Waals surface area contributed by atoms with E-state index in [2.05, 4.69) is 32.6 Å². The molecule has 1 aliphatic heterocycles. The molecule has 6 aromatic carbocycles. The van der Waals surface area contributed by atoms with Crippen molar-refractivity contribution in [1.82, 2.24) is 19.6 Å². The van der Waals surface area contributed by atoms with E-state index in [0.717, 1.165) is 55.5 Å².